The van der Waals surface area contributed by atoms with Crippen molar-refractivity contribution in [3.05, 3.63) is 42.6 Å². The van der Waals surface area contributed by atoms with Gasteiger partial charge in [-0.1, -0.05) is 26.0 Å². The van der Waals surface area contributed by atoms with E-state index in [4.69, 9.17) is 20.9 Å². The lowest BCUT2D eigenvalue weighted by Crippen LogP contribution is -2.54. The van der Waals surface area contributed by atoms with Crippen molar-refractivity contribution < 1.29 is 9.21 Å². The maximum absolute atomic E-state index is 12.6. The summed E-state index contributed by atoms with van der Waals surface area (Å²) in [6.45, 7) is 6.58. The molecule has 3 heterocycles. The number of amides is 1. The first-order valence-electron chi connectivity index (χ1n) is 11.1. The number of nitrogens with zero attached hydrogens (tertiary/aromatic N) is 5. The Hall–Kier alpha value is -3.72. The van der Waals surface area contributed by atoms with Gasteiger partial charge in [0.2, 0.25) is 5.91 Å². The largest absolute Gasteiger partial charge is 0.424 e. The normalized spacial score (nSPS) is 15.5. The molecule has 0 aliphatic carbocycles. The van der Waals surface area contributed by atoms with Gasteiger partial charge in [-0.25, -0.2) is 4.98 Å². The Labute approximate surface area is 191 Å². The first-order chi connectivity index (χ1) is 15.9. The van der Waals surface area contributed by atoms with Gasteiger partial charge in [-0.2, -0.15) is 4.98 Å². The molecule has 4 aromatic rings. The quantitative estimate of drug-likeness (QED) is 0.491. The molecule has 1 saturated heterocycles. The standard InChI is InChI=1S/C24H27N7O2/c1-14(2)22(25)23(32)31-9-7-30(8-10-31)21-13-27-17-5-3-15(11-18(17)28-21)16-4-6-20-19(12-16)29-24(26)33-20/h3-6,11-14,22H,7-10,25H2,1-2H3,(H2,26,29)/t22-/m0/s1. The molecule has 4 N–H and O–H groups in total. The van der Waals surface area contributed by atoms with Crippen LogP contribution in [-0.4, -0.2) is 58.0 Å². The zero-order valence-corrected chi connectivity index (χ0v) is 18.7. The number of carbonyl (C=O) groups excluding carboxylic acids is 1. The molecule has 0 bridgehead atoms. The molecule has 2 aromatic heterocycles. The molecule has 2 aromatic carbocycles. The summed E-state index contributed by atoms with van der Waals surface area (Å²) < 4.78 is 5.37. The first-order valence-corrected chi connectivity index (χ1v) is 11.1. The number of nitrogens with two attached hydrogens (primary N) is 2. The number of piperazine rings is 1. The van der Waals surface area contributed by atoms with Gasteiger partial charge in [0, 0.05) is 26.2 Å². The summed E-state index contributed by atoms with van der Waals surface area (Å²) in [5, 5.41) is 0. The van der Waals surface area contributed by atoms with Crippen LogP contribution >= 0.6 is 0 Å². The minimum atomic E-state index is -0.455. The van der Waals surface area contributed by atoms with E-state index in [1.807, 2.05) is 55.1 Å². The Morgan fingerprint density at radius 2 is 1.67 bits per heavy atom. The van der Waals surface area contributed by atoms with Crippen LogP contribution in [0.2, 0.25) is 0 Å². The summed E-state index contributed by atoms with van der Waals surface area (Å²) in [6.07, 6.45) is 1.80. The third-order valence-corrected chi connectivity index (χ3v) is 6.19. The van der Waals surface area contributed by atoms with E-state index in [1.165, 1.54) is 0 Å². The zero-order valence-electron chi connectivity index (χ0n) is 18.7. The fraction of sp³-hybridized carbons (Fsp3) is 0.333. The molecule has 1 aliphatic heterocycles. The summed E-state index contributed by atoms with van der Waals surface area (Å²) in [7, 11) is 0. The monoisotopic (exact) mass is 445 g/mol. The van der Waals surface area contributed by atoms with Gasteiger partial charge in [-0.15, -0.1) is 0 Å². The number of anilines is 2. The molecule has 0 unspecified atom stereocenters. The number of rotatable bonds is 4. The lowest BCUT2D eigenvalue weighted by molar-refractivity contribution is -0.133. The van der Waals surface area contributed by atoms with E-state index in [9.17, 15) is 4.79 Å². The summed E-state index contributed by atoms with van der Waals surface area (Å²) in [4.78, 5) is 30.2. The van der Waals surface area contributed by atoms with Crippen LogP contribution in [0, 0.1) is 5.92 Å². The summed E-state index contributed by atoms with van der Waals surface area (Å²) in [6, 6.07) is 11.5. The Kier molecular flexibility index (Phi) is 5.33. The minimum absolute atomic E-state index is 0.0183. The first kappa shape index (κ1) is 21.1. The van der Waals surface area contributed by atoms with Gasteiger partial charge in [-0.3, -0.25) is 9.78 Å². The van der Waals surface area contributed by atoms with Crippen LogP contribution in [0.4, 0.5) is 11.8 Å². The molecule has 1 fully saturated rings. The maximum atomic E-state index is 12.6. The van der Waals surface area contributed by atoms with Gasteiger partial charge in [0.1, 0.15) is 11.3 Å². The van der Waals surface area contributed by atoms with Gasteiger partial charge in [0.15, 0.2) is 5.58 Å². The maximum Gasteiger partial charge on any atom is 0.292 e. The van der Waals surface area contributed by atoms with Gasteiger partial charge >= 0.3 is 0 Å². The molecule has 0 saturated carbocycles. The minimum Gasteiger partial charge on any atom is -0.424 e. The fourth-order valence-electron chi connectivity index (χ4n) is 4.11. The molecular formula is C24H27N7O2. The van der Waals surface area contributed by atoms with Crippen molar-refractivity contribution in [3.8, 4) is 11.1 Å². The van der Waals surface area contributed by atoms with E-state index >= 15 is 0 Å². The van der Waals surface area contributed by atoms with Gasteiger partial charge < -0.3 is 25.7 Å². The Morgan fingerprint density at radius 1 is 0.970 bits per heavy atom. The third kappa shape index (κ3) is 4.07. The van der Waals surface area contributed by atoms with Crippen LogP contribution in [0.25, 0.3) is 33.3 Å². The molecule has 1 aliphatic rings. The van der Waals surface area contributed by atoms with Crippen molar-refractivity contribution in [2.75, 3.05) is 36.8 Å². The highest BCUT2D eigenvalue weighted by atomic mass is 16.4. The van der Waals surface area contributed by atoms with E-state index in [0.717, 1.165) is 33.5 Å². The predicted molar refractivity (Wildman–Crippen MR) is 129 cm³/mol. The second-order valence-electron chi connectivity index (χ2n) is 8.75. The number of carbonyl (C=O) groups is 1. The number of oxazole rings is 1. The molecule has 9 nitrogen and oxygen atoms in total. The van der Waals surface area contributed by atoms with Crippen molar-refractivity contribution in [2.24, 2.45) is 11.7 Å². The van der Waals surface area contributed by atoms with Crippen LogP contribution in [-0.2, 0) is 4.79 Å². The predicted octanol–water partition coefficient (Wildman–Crippen LogP) is 2.65. The zero-order chi connectivity index (χ0) is 23.1. The molecule has 170 valence electrons. The van der Waals surface area contributed by atoms with Gasteiger partial charge in [0.25, 0.3) is 6.01 Å². The van der Waals surface area contributed by atoms with Crippen molar-refractivity contribution >= 4 is 39.9 Å². The fourth-order valence-corrected chi connectivity index (χ4v) is 4.11. The van der Waals surface area contributed by atoms with Crippen LogP contribution in [0.1, 0.15) is 13.8 Å². The van der Waals surface area contributed by atoms with E-state index in [1.54, 1.807) is 6.20 Å². The molecule has 1 amide bonds. The molecular weight excluding hydrogens is 418 g/mol. The van der Waals surface area contributed by atoms with Crippen LogP contribution in [0.15, 0.2) is 47.0 Å². The summed E-state index contributed by atoms with van der Waals surface area (Å²) in [5.74, 6) is 0.947. The molecule has 0 spiro atoms. The van der Waals surface area contributed by atoms with Gasteiger partial charge in [0.05, 0.1) is 23.3 Å². The number of hydrogen-bond donors (Lipinski definition) is 2. The number of fused-ring (bicyclic) bond motifs is 2. The number of hydrogen-bond acceptors (Lipinski definition) is 8. The van der Waals surface area contributed by atoms with Crippen molar-refractivity contribution in [3.63, 3.8) is 0 Å². The van der Waals surface area contributed by atoms with Crippen LogP contribution < -0.4 is 16.4 Å². The summed E-state index contributed by atoms with van der Waals surface area (Å²) >= 11 is 0. The number of nitrogen functional groups attached to an aromatic ring is 1. The van der Waals surface area contributed by atoms with Crippen molar-refractivity contribution in [1.29, 1.82) is 0 Å². The Bertz CT molecular complexity index is 1330. The smallest absolute Gasteiger partial charge is 0.292 e. The van der Waals surface area contributed by atoms with E-state index in [2.05, 4.69) is 14.9 Å². The number of benzene rings is 2. The van der Waals surface area contributed by atoms with E-state index < -0.39 is 6.04 Å². The molecule has 33 heavy (non-hydrogen) atoms. The van der Waals surface area contributed by atoms with Crippen molar-refractivity contribution in [1.82, 2.24) is 19.9 Å². The third-order valence-electron chi connectivity index (χ3n) is 6.19. The topological polar surface area (TPSA) is 127 Å². The highest BCUT2D eigenvalue weighted by Crippen LogP contribution is 2.28. The molecule has 0 radical (unpaired) electrons. The second kappa shape index (κ2) is 8.32. The van der Waals surface area contributed by atoms with Crippen LogP contribution in [0.3, 0.4) is 0 Å². The molecule has 1 atom stereocenters. The van der Waals surface area contributed by atoms with Crippen LogP contribution in [0.5, 0.6) is 0 Å². The summed E-state index contributed by atoms with van der Waals surface area (Å²) in [5.41, 5.74) is 16.7. The lowest BCUT2D eigenvalue weighted by atomic mass is 10.0. The average Bonchev–Trinajstić information content (AvgIpc) is 3.21. The van der Waals surface area contributed by atoms with E-state index in [-0.39, 0.29) is 17.8 Å². The molecule has 5 rings (SSSR count). The number of aromatic nitrogens is 3. The Morgan fingerprint density at radius 3 is 2.39 bits per heavy atom. The molecule has 9 heteroatoms. The lowest BCUT2D eigenvalue weighted by Gasteiger charge is -2.36. The average molecular weight is 446 g/mol. The SMILES string of the molecule is CC(C)[C@H](N)C(=O)N1CCN(c2cnc3ccc(-c4ccc5oc(N)nc5c4)cc3n2)CC1. The highest BCUT2D eigenvalue weighted by Gasteiger charge is 2.27. The highest BCUT2D eigenvalue weighted by molar-refractivity contribution is 5.86. The van der Waals surface area contributed by atoms with Crippen molar-refractivity contribution in [2.45, 2.75) is 19.9 Å². The Balaban J connectivity index is 1.36. The van der Waals surface area contributed by atoms with Gasteiger partial charge in [-0.05, 0) is 41.3 Å². The second-order valence-corrected chi connectivity index (χ2v) is 8.75. The van der Waals surface area contributed by atoms with E-state index in [0.29, 0.717) is 31.8 Å².